The molecule has 0 saturated heterocycles. The number of fused-ring (bicyclic) bond motifs is 12. The zero-order valence-electron chi connectivity index (χ0n) is 23.6. The molecule has 0 N–H and O–H groups in total. The van der Waals surface area contributed by atoms with Gasteiger partial charge in [0.1, 0.15) is 0 Å². The van der Waals surface area contributed by atoms with Crippen LogP contribution >= 0.6 is 0 Å². The maximum Gasteiger partial charge on any atom is 0.0907 e. The molecule has 44 heavy (non-hydrogen) atoms. The summed E-state index contributed by atoms with van der Waals surface area (Å²) >= 11 is 0. The highest BCUT2D eigenvalue weighted by atomic mass is 15.0. The van der Waals surface area contributed by atoms with E-state index in [0.717, 1.165) is 27.9 Å². The number of para-hydroxylation sites is 2. The Morgan fingerprint density at radius 3 is 1.82 bits per heavy atom. The number of nitrogens with zero attached hydrogens (tertiary/aromatic N) is 4. The maximum atomic E-state index is 4.62. The van der Waals surface area contributed by atoms with Crippen LogP contribution in [0.2, 0.25) is 0 Å². The smallest absolute Gasteiger partial charge is 0.0907 e. The Labute approximate surface area is 252 Å². The van der Waals surface area contributed by atoms with Crippen molar-refractivity contribution in [3.8, 4) is 11.4 Å². The summed E-state index contributed by atoms with van der Waals surface area (Å²) in [4.78, 5) is 9.14. The third-order valence-electron chi connectivity index (χ3n) is 9.15. The highest BCUT2D eigenvalue weighted by Crippen LogP contribution is 2.45. The average molecular weight is 561 g/mol. The number of hydrogen-bond donors (Lipinski definition) is 0. The molecule has 204 valence electrons. The van der Waals surface area contributed by atoms with Gasteiger partial charge in [-0.05, 0) is 64.7 Å². The summed E-state index contributed by atoms with van der Waals surface area (Å²) in [7, 11) is 0. The quantitative estimate of drug-likeness (QED) is 0.197. The summed E-state index contributed by atoms with van der Waals surface area (Å²) in [5.74, 6) is 0. The van der Waals surface area contributed by atoms with Crippen LogP contribution in [0.4, 0.5) is 0 Å². The lowest BCUT2D eigenvalue weighted by Crippen LogP contribution is -1.96. The van der Waals surface area contributed by atoms with E-state index in [1.807, 2.05) is 0 Å². The summed E-state index contributed by atoms with van der Waals surface area (Å²) in [6.07, 6.45) is 3.50. The molecular weight excluding hydrogens is 536 g/mol. The molecular formula is C40H24N4. The summed E-state index contributed by atoms with van der Waals surface area (Å²) in [6.45, 7) is 0. The topological polar surface area (TPSA) is 35.6 Å². The first-order chi connectivity index (χ1) is 21.8. The predicted molar refractivity (Wildman–Crippen MR) is 183 cm³/mol. The molecule has 0 spiro atoms. The Morgan fingerprint density at radius 1 is 0.364 bits per heavy atom. The second-order valence-electron chi connectivity index (χ2n) is 11.5. The lowest BCUT2D eigenvalue weighted by atomic mass is 9.96. The fraction of sp³-hybridized carbons (Fsp3) is 0. The molecule has 4 nitrogen and oxygen atoms in total. The average Bonchev–Trinajstić information content (AvgIpc) is 3.60. The molecule has 4 heteroatoms. The molecule has 0 aliphatic carbocycles. The van der Waals surface area contributed by atoms with Crippen LogP contribution in [0.5, 0.6) is 0 Å². The van der Waals surface area contributed by atoms with Gasteiger partial charge in [0.05, 0.1) is 33.1 Å². The van der Waals surface area contributed by atoms with Crippen molar-refractivity contribution in [2.75, 3.05) is 0 Å². The van der Waals surface area contributed by atoms with Crippen molar-refractivity contribution < 1.29 is 0 Å². The largest absolute Gasteiger partial charge is 0.309 e. The van der Waals surface area contributed by atoms with Crippen molar-refractivity contribution >= 4 is 76.2 Å². The molecule has 0 atom stereocenters. The molecule has 3 aromatic heterocycles. The molecule has 10 aromatic rings. The van der Waals surface area contributed by atoms with Crippen molar-refractivity contribution in [3.05, 3.63) is 146 Å². The van der Waals surface area contributed by atoms with Gasteiger partial charge in [-0.1, -0.05) is 84.9 Å². The van der Waals surface area contributed by atoms with Crippen molar-refractivity contribution in [1.29, 1.82) is 0 Å². The van der Waals surface area contributed by atoms with Gasteiger partial charge in [0.25, 0.3) is 0 Å². The number of rotatable bonds is 2. The van der Waals surface area contributed by atoms with E-state index < -0.39 is 0 Å². The van der Waals surface area contributed by atoms with Crippen LogP contribution in [0.3, 0.4) is 0 Å². The summed E-state index contributed by atoms with van der Waals surface area (Å²) in [6, 6.07) is 48.3. The molecule has 0 radical (unpaired) electrons. The van der Waals surface area contributed by atoms with Crippen LogP contribution in [0.1, 0.15) is 0 Å². The minimum Gasteiger partial charge on any atom is -0.309 e. The lowest BCUT2D eigenvalue weighted by Gasteiger charge is -2.12. The molecule has 0 saturated carbocycles. The summed E-state index contributed by atoms with van der Waals surface area (Å²) < 4.78 is 4.84. The van der Waals surface area contributed by atoms with E-state index in [2.05, 4.69) is 153 Å². The van der Waals surface area contributed by atoms with Crippen molar-refractivity contribution in [3.63, 3.8) is 0 Å². The predicted octanol–water partition coefficient (Wildman–Crippen LogP) is 10.1. The highest BCUT2D eigenvalue weighted by Gasteiger charge is 2.22. The minimum atomic E-state index is 0.883. The number of aromatic nitrogens is 4. The fourth-order valence-corrected chi connectivity index (χ4v) is 7.35. The first-order valence-electron chi connectivity index (χ1n) is 14.9. The third kappa shape index (κ3) is 3.11. The third-order valence-corrected chi connectivity index (χ3v) is 9.15. The van der Waals surface area contributed by atoms with Crippen LogP contribution in [0.15, 0.2) is 146 Å². The molecule has 0 fully saturated rings. The van der Waals surface area contributed by atoms with E-state index in [1.165, 1.54) is 59.6 Å². The van der Waals surface area contributed by atoms with Crippen LogP contribution in [0.25, 0.3) is 87.6 Å². The van der Waals surface area contributed by atoms with Crippen LogP contribution in [0, 0.1) is 0 Å². The Hall–Kier alpha value is -6.00. The Balaban J connectivity index is 1.46. The van der Waals surface area contributed by atoms with Crippen LogP contribution in [-0.2, 0) is 0 Å². The van der Waals surface area contributed by atoms with E-state index in [1.54, 1.807) is 12.4 Å². The monoisotopic (exact) mass is 560 g/mol. The number of benzene rings is 7. The van der Waals surface area contributed by atoms with Crippen molar-refractivity contribution in [1.82, 2.24) is 19.1 Å². The van der Waals surface area contributed by atoms with Gasteiger partial charge in [0.15, 0.2) is 0 Å². The zero-order chi connectivity index (χ0) is 28.8. The maximum absolute atomic E-state index is 4.62. The van der Waals surface area contributed by atoms with E-state index in [-0.39, 0.29) is 0 Å². The first-order valence-corrected chi connectivity index (χ1v) is 14.9. The van der Waals surface area contributed by atoms with E-state index in [9.17, 15) is 0 Å². The minimum absolute atomic E-state index is 0.883. The first kappa shape index (κ1) is 23.6. The molecule has 0 aliphatic rings. The zero-order valence-corrected chi connectivity index (χ0v) is 23.6. The highest BCUT2D eigenvalue weighted by molar-refractivity contribution is 6.33. The van der Waals surface area contributed by atoms with Crippen LogP contribution < -0.4 is 0 Å². The van der Waals surface area contributed by atoms with Gasteiger partial charge < -0.3 is 9.13 Å². The SMILES string of the molecule is c1ccc(-n2c3cc4c(cc3c3c5ccccc5c5ccccc5c32)c2ccccc2n4-c2ccc3nccnc3c2)cc1. The van der Waals surface area contributed by atoms with E-state index in [0.29, 0.717) is 0 Å². The van der Waals surface area contributed by atoms with E-state index in [4.69, 9.17) is 0 Å². The Morgan fingerprint density at radius 2 is 1.00 bits per heavy atom. The number of hydrogen-bond acceptors (Lipinski definition) is 2. The molecule has 0 aliphatic heterocycles. The normalized spacial score (nSPS) is 12.1. The van der Waals surface area contributed by atoms with Gasteiger partial charge in [-0.25, -0.2) is 0 Å². The van der Waals surface area contributed by atoms with E-state index >= 15 is 0 Å². The van der Waals surface area contributed by atoms with Crippen molar-refractivity contribution in [2.45, 2.75) is 0 Å². The summed E-state index contributed by atoms with van der Waals surface area (Å²) in [5, 5.41) is 10.1. The van der Waals surface area contributed by atoms with Gasteiger partial charge in [-0.15, -0.1) is 0 Å². The van der Waals surface area contributed by atoms with Gasteiger partial charge in [0.2, 0.25) is 0 Å². The van der Waals surface area contributed by atoms with Crippen LogP contribution in [-0.4, -0.2) is 19.1 Å². The standard InChI is InChI=1S/C40H24N4/c1-2-10-25(11-3-1)44-38-24-37-32(23-33(38)39-30-15-6-4-12-27(30)28-13-5-7-16-31(28)40(39)44)29-14-8-9-17-36(29)43(37)26-18-19-34-35(22-26)42-21-20-41-34/h1-24H. The molecule has 3 heterocycles. The molecule has 0 bridgehead atoms. The summed E-state index contributed by atoms with van der Waals surface area (Å²) in [5.41, 5.74) is 8.75. The second kappa shape index (κ2) is 8.76. The molecule has 10 rings (SSSR count). The molecule has 0 amide bonds. The lowest BCUT2D eigenvalue weighted by molar-refractivity contribution is 1.17. The van der Waals surface area contributed by atoms with Gasteiger partial charge in [0, 0.05) is 50.7 Å². The van der Waals surface area contributed by atoms with Gasteiger partial charge in [-0.3, -0.25) is 9.97 Å². The Bertz CT molecular complexity index is 2770. The fourth-order valence-electron chi connectivity index (χ4n) is 7.35. The second-order valence-corrected chi connectivity index (χ2v) is 11.5. The molecule has 7 aromatic carbocycles. The Kier molecular flexibility index (Phi) is 4.69. The molecule has 0 unspecified atom stereocenters. The van der Waals surface area contributed by atoms with Gasteiger partial charge in [-0.2, -0.15) is 0 Å². The van der Waals surface area contributed by atoms with Gasteiger partial charge >= 0.3 is 0 Å². The van der Waals surface area contributed by atoms with Crippen molar-refractivity contribution in [2.24, 2.45) is 0 Å².